The lowest BCUT2D eigenvalue weighted by molar-refractivity contribution is -0.116. The van der Waals surface area contributed by atoms with Gasteiger partial charge >= 0.3 is 0 Å². The predicted octanol–water partition coefficient (Wildman–Crippen LogP) is 6.97. The fourth-order valence-corrected chi connectivity index (χ4v) is 4.72. The molecule has 0 saturated carbocycles. The quantitative estimate of drug-likeness (QED) is 0.457. The maximum absolute atomic E-state index is 13.5. The number of para-hydroxylation sites is 2. The number of fused-ring (bicyclic) bond motifs is 1. The van der Waals surface area contributed by atoms with Gasteiger partial charge in [0, 0.05) is 27.7 Å². The van der Waals surface area contributed by atoms with Crippen molar-refractivity contribution in [3.05, 3.63) is 105 Å². The van der Waals surface area contributed by atoms with Crippen molar-refractivity contribution in [1.82, 2.24) is 0 Å². The Labute approximate surface area is 185 Å². The van der Waals surface area contributed by atoms with Gasteiger partial charge in [-0.15, -0.1) is 0 Å². The number of nitrogens with one attached hydrogen (secondary N) is 2. The average molecular weight is 435 g/mol. The van der Waals surface area contributed by atoms with Crippen LogP contribution in [0, 0.1) is 0 Å². The first-order valence-electron chi connectivity index (χ1n) is 9.98. The van der Waals surface area contributed by atoms with E-state index in [4.69, 9.17) is 23.2 Å². The predicted molar refractivity (Wildman–Crippen MR) is 123 cm³/mol. The highest BCUT2D eigenvalue weighted by Crippen LogP contribution is 2.44. The smallest absolute Gasteiger partial charge is 0.163 e. The first kappa shape index (κ1) is 19.2. The van der Waals surface area contributed by atoms with Crippen LogP contribution in [0.1, 0.15) is 35.9 Å². The molecule has 0 bridgehead atoms. The van der Waals surface area contributed by atoms with Crippen molar-refractivity contribution < 1.29 is 4.79 Å². The molecule has 3 nitrogen and oxygen atoms in total. The third kappa shape index (κ3) is 3.60. The van der Waals surface area contributed by atoms with E-state index in [2.05, 4.69) is 10.6 Å². The van der Waals surface area contributed by atoms with Crippen LogP contribution >= 0.6 is 23.2 Å². The topological polar surface area (TPSA) is 41.1 Å². The van der Waals surface area contributed by atoms with Gasteiger partial charge in [0.1, 0.15) is 0 Å². The maximum atomic E-state index is 13.5. The number of hydrogen-bond donors (Lipinski definition) is 2. The molecule has 2 aliphatic rings. The molecule has 30 heavy (non-hydrogen) atoms. The van der Waals surface area contributed by atoms with Crippen molar-refractivity contribution in [2.45, 2.75) is 24.8 Å². The molecule has 0 unspecified atom stereocenters. The molecule has 1 aliphatic carbocycles. The zero-order valence-corrected chi connectivity index (χ0v) is 17.7. The van der Waals surface area contributed by atoms with Crippen molar-refractivity contribution in [3.8, 4) is 0 Å². The van der Waals surface area contributed by atoms with E-state index in [0.29, 0.717) is 16.5 Å². The third-order valence-corrected chi connectivity index (χ3v) is 6.32. The average Bonchev–Trinajstić information content (AvgIpc) is 2.91. The Morgan fingerprint density at radius 2 is 1.53 bits per heavy atom. The van der Waals surface area contributed by atoms with Crippen LogP contribution in [0.2, 0.25) is 10.0 Å². The van der Waals surface area contributed by atoms with Crippen molar-refractivity contribution in [2.75, 3.05) is 10.6 Å². The minimum absolute atomic E-state index is 0.117. The number of halogens is 2. The normalized spacial score (nSPS) is 20.5. The summed E-state index contributed by atoms with van der Waals surface area (Å²) >= 11 is 12.3. The van der Waals surface area contributed by atoms with Gasteiger partial charge in [-0.25, -0.2) is 0 Å². The number of hydrogen-bond acceptors (Lipinski definition) is 3. The minimum atomic E-state index is -0.256. The fourth-order valence-electron chi connectivity index (χ4n) is 4.40. The molecule has 1 heterocycles. The number of carbonyl (C=O) groups is 1. The molecular formula is C25H20Cl2N2O. The van der Waals surface area contributed by atoms with Crippen LogP contribution in [0.4, 0.5) is 11.4 Å². The van der Waals surface area contributed by atoms with E-state index in [1.165, 1.54) is 0 Å². The molecule has 5 heteroatoms. The zero-order chi connectivity index (χ0) is 20.7. The van der Waals surface area contributed by atoms with Crippen molar-refractivity contribution in [3.63, 3.8) is 0 Å². The summed E-state index contributed by atoms with van der Waals surface area (Å²) in [5.41, 5.74) is 5.80. The van der Waals surface area contributed by atoms with E-state index >= 15 is 0 Å². The van der Waals surface area contributed by atoms with E-state index in [0.717, 1.165) is 40.2 Å². The van der Waals surface area contributed by atoms with Crippen LogP contribution in [-0.2, 0) is 4.79 Å². The summed E-state index contributed by atoms with van der Waals surface area (Å²) in [6, 6.07) is 23.3. The number of benzene rings is 3. The molecule has 0 fully saturated rings. The zero-order valence-electron chi connectivity index (χ0n) is 16.2. The monoisotopic (exact) mass is 434 g/mol. The Morgan fingerprint density at radius 3 is 2.30 bits per heavy atom. The summed E-state index contributed by atoms with van der Waals surface area (Å²) in [6.07, 6.45) is 1.23. The second-order valence-corrected chi connectivity index (χ2v) is 8.65. The van der Waals surface area contributed by atoms with Gasteiger partial charge in [0.15, 0.2) is 5.78 Å². The summed E-state index contributed by atoms with van der Waals surface area (Å²) in [6.45, 7) is 0. The Balaban J connectivity index is 1.61. The van der Waals surface area contributed by atoms with E-state index in [1.807, 2.05) is 72.8 Å². The summed E-state index contributed by atoms with van der Waals surface area (Å²) in [5, 5.41) is 8.49. The lowest BCUT2D eigenvalue weighted by Crippen LogP contribution is -2.26. The van der Waals surface area contributed by atoms with Gasteiger partial charge in [0.25, 0.3) is 0 Å². The first-order valence-corrected chi connectivity index (χ1v) is 10.7. The fraction of sp³-hybridized carbons (Fsp3) is 0.160. The second kappa shape index (κ2) is 7.82. The first-order chi connectivity index (χ1) is 14.6. The van der Waals surface area contributed by atoms with Crippen molar-refractivity contribution >= 4 is 40.4 Å². The summed E-state index contributed by atoms with van der Waals surface area (Å²) in [4.78, 5) is 13.5. The van der Waals surface area contributed by atoms with Crippen LogP contribution in [0.5, 0.6) is 0 Å². The van der Waals surface area contributed by atoms with Crippen LogP contribution < -0.4 is 10.6 Å². The molecule has 2 N–H and O–H groups in total. The van der Waals surface area contributed by atoms with Crippen molar-refractivity contribution in [2.24, 2.45) is 0 Å². The Hall–Kier alpha value is -2.75. The molecule has 150 valence electrons. The molecule has 0 saturated heterocycles. The number of carbonyl (C=O) groups excluding carboxylic acids is 1. The Morgan fingerprint density at radius 1 is 0.767 bits per heavy atom. The van der Waals surface area contributed by atoms with E-state index in [1.54, 1.807) is 0 Å². The van der Waals surface area contributed by atoms with Gasteiger partial charge in [-0.3, -0.25) is 4.79 Å². The van der Waals surface area contributed by atoms with Gasteiger partial charge in [-0.05, 0) is 59.9 Å². The second-order valence-electron chi connectivity index (χ2n) is 7.78. The van der Waals surface area contributed by atoms with Crippen LogP contribution in [0.25, 0.3) is 0 Å². The van der Waals surface area contributed by atoms with Gasteiger partial charge in [-0.1, -0.05) is 59.6 Å². The molecule has 0 radical (unpaired) electrons. The SMILES string of the molecule is O=C1C[C@@H](c2ccc(Cl)cc2)CC2=C1[C@H](c1cccc(Cl)c1)Nc1ccccc1N2. The van der Waals surface area contributed by atoms with Gasteiger partial charge in [-0.2, -0.15) is 0 Å². The lowest BCUT2D eigenvalue weighted by atomic mass is 9.78. The molecule has 2 atom stereocenters. The highest BCUT2D eigenvalue weighted by Gasteiger charge is 2.36. The van der Waals surface area contributed by atoms with Gasteiger partial charge in [0.2, 0.25) is 0 Å². The molecule has 0 spiro atoms. The standard InChI is InChI=1S/C25H20Cl2N2O/c26-18-10-8-15(9-11-18)17-13-22-24(23(30)14-17)25(16-4-3-5-19(27)12-16)29-21-7-2-1-6-20(21)28-22/h1-12,17,25,28-29H,13-14H2/t17-,25-/m0/s1. The minimum Gasteiger partial charge on any atom is -0.372 e. The van der Waals surface area contributed by atoms with Crippen LogP contribution in [0.15, 0.2) is 84.1 Å². The van der Waals surface area contributed by atoms with Gasteiger partial charge < -0.3 is 10.6 Å². The molecule has 3 aromatic carbocycles. The molecule has 1 aliphatic heterocycles. The number of Topliss-reactive ketones (excluding diaryl/α,β-unsaturated/α-hetero) is 1. The highest BCUT2D eigenvalue weighted by molar-refractivity contribution is 6.30. The molecular weight excluding hydrogens is 415 g/mol. The Bertz CT molecular complexity index is 1150. The van der Waals surface area contributed by atoms with Gasteiger partial charge in [0.05, 0.1) is 17.4 Å². The molecule has 0 aromatic heterocycles. The molecule has 3 aromatic rings. The molecule has 5 rings (SSSR count). The largest absolute Gasteiger partial charge is 0.372 e. The highest BCUT2D eigenvalue weighted by atomic mass is 35.5. The van der Waals surface area contributed by atoms with Crippen LogP contribution in [0.3, 0.4) is 0 Å². The lowest BCUT2D eigenvalue weighted by Gasteiger charge is -2.30. The third-order valence-electron chi connectivity index (χ3n) is 5.83. The maximum Gasteiger partial charge on any atom is 0.163 e. The number of allylic oxidation sites excluding steroid dienone is 1. The summed E-state index contributed by atoms with van der Waals surface area (Å²) in [7, 11) is 0. The number of ketones is 1. The van der Waals surface area contributed by atoms with Crippen LogP contribution in [-0.4, -0.2) is 5.78 Å². The number of anilines is 2. The summed E-state index contributed by atoms with van der Waals surface area (Å²) < 4.78 is 0. The van der Waals surface area contributed by atoms with E-state index in [9.17, 15) is 4.79 Å². The van der Waals surface area contributed by atoms with Crippen molar-refractivity contribution in [1.29, 1.82) is 0 Å². The van der Waals surface area contributed by atoms with E-state index in [-0.39, 0.29) is 17.7 Å². The Kier molecular flexibility index (Phi) is 5.01. The summed E-state index contributed by atoms with van der Waals surface area (Å²) in [5.74, 6) is 0.264. The van der Waals surface area contributed by atoms with E-state index < -0.39 is 0 Å². The number of rotatable bonds is 2. The molecule has 0 amide bonds.